The second-order valence-electron chi connectivity index (χ2n) is 8.65. The Balaban J connectivity index is 1.42. The van der Waals surface area contributed by atoms with Gasteiger partial charge in [0.25, 0.3) is 11.5 Å². The van der Waals surface area contributed by atoms with Crippen LogP contribution in [0.4, 0.5) is 5.82 Å². The van der Waals surface area contributed by atoms with Crippen LogP contribution < -0.4 is 10.9 Å². The molecule has 0 aromatic carbocycles. The molecule has 0 unspecified atom stereocenters. The molecule has 0 bridgehead atoms. The standard InChI is InChI=1S/C25H27N5O4S2/c1-17-5-2-9-29-22(17)27-21(26-7-4-8-28-10-13-33-14-11-28)19(23(29)31)15-20-24(32)30(25(35)36-20)16-18-6-3-12-34-18/h2-3,5-6,9,12,15,26H,4,7-8,10-11,13-14,16H2,1H3/b20-15-. The van der Waals surface area contributed by atoms with Crippen molar-refractivity contribution in [3.8, 4) is 0 Å². The molecule has 0 aliphatic carbocycles. The molecule has 0 saturated carbocycles. The highest BCUT2D eigenvalue weighted by Crippen LogP contribution is 2.34. The van der Waals surface area contributed by atoms with Gasteiger partial charge in [-0.05, 0) is 49.7 Å². The topological polar surface area (TPSA) is 92.3 Å². The summed E-state index contributed by atoms with van der Waals surface area (Å²) in [6.07, 6.45) is 5.75. The van der Waals surface area contributed by atoms with Crippen molar-refractivity contribution in [2.24, 2.45) is 0 Å². The molecule has 9 nitrogen and oxygen atoms in total. The molecule has 2 aliphatic heterocycles. The SMILES string of the molecule is Cc1cccn2c(=O)c(/C=C3\SC(=S)N(Cc4ccco4)C3=O)c(NCCCN3CCOCC3)nc12. The summed E-state index contributed by atoms with van der Waals surface area (Å²) >= 11 is 6.63. The number of hydrogen-bond acceptors (Lipinski definition) is 9. The fourth-order valence-corrected chi connectivity index (χ4v) is 5.47. The van der Waals surface area contributed by atoms with E-state index in [9.17, 15) is 9.59 Å². The van der Waals surface area contributed by atoms with Crippen molar-refractivity contribution < 1.29 is 13.9 Å². The summed E-state index contributed by atoms with van der Waals surface area (Å²) in [5.74, 6) is 0.846. The summed E-state index contributed by atoms with van der Waals surface area (Å²) in [4.78, 5) is 35.7. The predicted molar refractivity (Wildman–Crippen MR) is 144 cm³/mol. The van der Waals surface area contributed by atoms with Gasteiger partial charge in [-0.2, -0.15) is 0 Å². The second kappa shape index (κ2) is 11.0. The molecule has 5 heterocycles. The van der Waals surface area contributed by atoms with Gasteiger partial charge in [-0.1, -0.05) is 30.0 Å². The van der Waals surface area contributed by atoms with Crippen LogP contribution >= 0.6 is 24.0 Å². The van der Waals surface area contributed by atoms with E-state index < -0.39 is 0 Å². The van der Waals surface area contributed by atoms with Crippen LogP contribution in [0.3, 0.4) is 0 Å². The maximum absolute atomic E-state index is 13.5. The Morgan fingerprint density at radius 3 is 2.83 bits per heavy atom. The Hall–Kier alpha value is -2.99. The largest absolute Gasteiger partial charge is 0.467 e. The first-order valence-electron chi connectivity index (χ1n) is 11.8. The van der Waals surface area contributed by atoms with E-state index in [1.807, 2.05) is 19.1 Å². The lowest BCUT2D eigenvalue weighted by molar-refractivity contribution is -0.122. The van der Waals surface area contributed by atoms with Crippen LogP contribution in [0.5, 0.6) is 0 Å². The molecule has 3 aromatic heterocycles. The van der Waals surface area contributed by atoms with Crippen molar-refractivity contribution in [1.82, 2.24) is 19.2 Å². The van der Waals surface area contributed by atoms with E-state index >= 15 is 0 Å². The second-order valence-corrected chi connectivity index (χ2v) is 10.3. The van der Waals surface area contributed by atoms with E-state index in [4.69, 9.17) is 26.4 Å². The number of furan rings is 1. The zero-order valence-corrected chi connectivity index (χ0v) is 21.6. The number of aryl methyl sites for hydroxylation is 1. The third kappa shape index (κ3) is 5.24. The van der Waals surface area contributed by atoms with Crippen molar-refractivity contribution >= 4 is 51.7 Å². The van der Waals surface area contributed by atoms with E-state index in [2.05, 4.69) is 10.2 Å². The first-order chi connectivity index (χ1) is 17.5. The number of morpholine rings is 1. The van der Waals surface area contributed by atoms with E-state index in [0.29, 0.717) is 38.6 Å². The Kier molecular flexibility index (Phi) is 7.51. The van der Waals surface area contributed by atoms with Crippen molar-refractivity contribution in [2.75, 3.05) is 44.7 Å². The third-order valence-corrected chi connectivity index (χ3v) is 7.55. The number of aromatic nitrogens is 2. The van der Waals surface area contributed by atoms with E-state index in [1.165, 1.54) is 21.1 Å². The Labute approximate surface area is 218 Å². The number of thioether (sulfide) groups is 1. The first-order valence-corrected chi connectivity index (χ1v) is 13.1. The highest BCUT2D eigenvalue weighted by atomic mass is 32.2. The number of carbonyl (C=O) groups excluding carboxylic acids is 1. The molecule has 0 atom stereocenters. The van der Waals surface area contributed by atoms with Gasteiger partial charge in [0, 0.05) is 25.8 Å². The van der Waals surface area contributed by atoms with Crippen LogP contribution in [0.1, 0.15) is 23.3 Å². The minimum atomic E-state index is -0.256. The van der Waals surface area contributed by atoms with Crippen molar-refractivity contribution in [3.63, 3.8) is 0 Å². The maximum Gasteiger partial charge on any atom is 0.267 e. The van der Waals surface area contributed by atoms with Crippen LogP contribution in [-0.2, 0) is 16.1 Å². The van der Waals surface area contributed by atoms with E-state index in [1.54, 1.807) is 30.7 Å². The van der Waals surface area contributed by atoms with Crippen molar-refractivity contribution in [2.45, 2.75) is 19.9 Å². The molecule has 1 N–H and O–H groups in total. The van der Waals surface area contributed by atoms with Gasteiger partial charge in [0.15, 0.2) is 0 Å². The van der Waals surface area contributed by atoms with Crippen molar-refractivity contribution in [3.05, 3.63) is 68.9 Å². The van der Waals surface area contributed by atoms with Crippen LogP contribution in [0.2, 0.25) is 0 Å². The number of pyridine rings is 1. The fraction of sp³-hybridized carbons (Fsp3) is 0.360. The van der Waals surface area contributed by atoms with Crippen LogP contribution in [0, 0.1) is 6.92 Å². The Morgan fingerprint density at radius 2 is 2.06 bits per heavy atom. The summed E-state index contributed by atoms with van der Waals surface area (Å²) in [6.45, 7) is 7.13. The number of carbonyl (C=O) groups is 1. The number of amides is 1. The molecule has 2 saturated heterocycles. The smallest absolute Gasteiger partial charge is 0.267 e. The van der Waals surface area contributed by atoms with Gasteiger partial charge in [-0.15, -0.1) is 0 Å². The highest BCUT2D eigenvalue weighted by Gasteiger charge is 2.33. The molecule has 188 valence electrons. The van der Waals surface area contributed by atoms with Crippen LogP contribution in [0.15, 0.2) is 50.8 Å². The number of ether oxygens (including phenoxy) is 1. The zero-order valence-electron chi connectivity index (χ0n) is 19.9. The number of anilines is 1. The minimum absolute atomic E-state index is 0.240. The normalized spacial score (nSPS) is 18.0. The molecule has 36 heavy (non-hydrogen) atoms. The van der Waals surface area contributed by atoms with E-state index in [-0.39, 0.29) is 18.0 Å². The average molecular weight is 526 g/mol. The minimum Gasteiger partial charge on any atom is -0.467 e. The maximum atomic E-state index is 13.5. The molecule has 0 spiro atoms. The number of rotatable bonds is 8. The van der Waals surface area contributed by atoms with Crippen LogP contribution in [-0.4, -0.2) is 68.8 Å². The molecule has 11 heteroatoms. The summed E-state index contributed by atoms with van der Waals surface area (Å²) < 4.78 is 12.7. The van der Waals surface area contributed by atoms with Gasteiger partial charge in [0.1, 0.15) is 21.5 Å². The van der Waals surface area contributed by atoms with Crippen molar-refractivity contribution in [1.29, 1.82) is 0 Å². The summed E-state index contributed by atoms with van der Waals surface area (Å²) in [7, 11) is 0. The fourth-order valence-electron chi connectivity index (χ4n) is 4.24. The quantitative estimate of drug-likeness (QED) is 0.271. The lowest BCUT2D eigenvalue weighted by Gasteiger charge is -2.26. The van der Waals surface area contributed by atoms with Gasteiger partial charge in [0.05, 0.1) is 36.5 Å². The lowest BCUT2D eigenvalue weighted by atomic mass is 10.2. The Bertz CT molecular complexity index is 1360. The first kappa shape index (κ1) is 24.7. The molecule has 2 fully saturated rings. The predicted octanol–water partition coefficient (Wildman–Crippen LogP) is 3.13. The number of fused-ring (bicyclic) bond motifs is 1. The number of nitrogens with zero attached hydrogens (tertiary/aromatic N) is 4. The summed E-state index contributed by atoms with van der Waals surface area (Å²) in [6, 6.07) is 7.30. The summed E-state index contributed by atoms with van der Waals surface area (Å²) in [5.41, 5.74) is 1.57. The molecular weight excluding hydrogens is 498 g/mol. The van der Waals surface area contributed by atoms with Gasteiger partial charge in [-0.3, -0.25) is 23.8 Å². The van der Waals surface area contributed by atoms with Gasteiger partial charge in [0.2, 0.25) is 0 Å². The average Bonchev–Trinajstić information content (AvgIpc) is 3.49. The molecule has 0 radical (unpaired) electrons. The molecule has 3 aromatic rings. The van der Waals surface area contributed by atoms with Gasteiger partial charge in [-0.25, -0.2) is 4.98 Å². The molecule has 2 aliphatic rings. The zero-order chi connectivity index (χ0) is 25.1. The van der Waals surface area contributed by atoms with Gasteiger partial charge < -0.3 is 14.5 Å². The molecule has 5 rings (SSSR count). The number of thiocarbonyl (C=S) groups is 1. The molecule has 1 amide bonds. The number of nitrogens with one attached hydrogen (secondary N) is 1. The third-order valence-electron chi connectivity index (χ3n) is 6.17. The highest BCUT2D eigenvalue weighted by molar-refractivity contribution is 8.26. The molecular formula is C25H27N5O4S2. The lowest BCUT2D eigenvalue weighted by Crippen LogP contribution is -2.37. The van der Waals surface area contributed by atoms with Gasteiger partial charge >= 0.3 is 0 Å². The Morgan fingerprint density at radius 1 is 1.22 bits per heavy atom. The number of hydrogen-bond donors (Lipinski definition) is 1. The monoisotopic (exact) mass is 525 g/mol. The van der Waals surface area contributed by atoms with Crippen LogP contribution in [0.25, 0.3) is 11.7 Å². The van der Waals surface area contributed by atoms with E-state index in [0.717, 1.165) is 44.8 Å². The summed E-state index contributed by atoms with van der Waals surface area (Å²) in [5, 5.41) is 3.35.